The van der Waals surface area contributed by atoms with Crippen molar-refractivity contribution in [1.82, 2.24) is 10.3 Å². The van der Waals surface area contributed by atoms with Gasteiger partial charge in [0.2, 0.25) is 0 Å². The van der Waals surface area contributed by atoms with E-state index in [0.717, 1.165) is 24.5 Å². The predicted octanol–water partition coefficient (Wildman–Crippen LogP) is 3.54. The smallest absolute Gasteiger partial charge is 0.263 e. The minimum atomic E-state index is -1.08. The Morgan fingerprint density at radius 2 is 1.81 bits per heavy atom. The van der Waals surface area contributed by atoms with Crippen LogP contribution in [0.1, 0.15) is 33.3 Å². The molecule has 0 atom stereocenters. The molecule has 1 N–H and O–H groups in total. The predicted molar refractivity (Wildman–Crippen MR) is 101 cm³/mol. The summed E-state index contributed by atoms with van der Waals surface area (Å²) in [5, 5.41) is 2.86. The number of nitrogens with one attached hydrogen (secondary N) is 1. The van der Waals surface area contributed by atoms with Gasteiger partial charge in [-0.3, -0.25) is 4.79 Å². The van der Waals surface area contributed by atoms with Crippen molar-refractivity contribution in [2.45, 2.75) is 39.8 Å². The third-order valence-electron chi connectivity index (χ3n) is 4.08. The SMILES string of the molecule is CCN(CC)c1ccc(CNC(=O)C(C)(C)Oc2ccc(F)cc2)cn1. The largest absolute Gasteiger partial charge is 0.478 e. The molecule has 0 aliphatic rings. The summed E-state index contributed by atoms with van der Waals surface area (Å²) < 4.78 is 18.7. The molecule has 0 aliphatic carbocycles. The first-order valence-corrected chi connectivity index (χ1v) is 8.78. The molecule has 0 radical (unpaired) electrons. The molecule has 26 heavy (non-hydrogen) atoms. The van der Waals surface area contributed by atoms with Crippen LogP contribution < -0.4 is 15.0 Å². The number of carbonyl (C=O) groups excluding carboxylic acids is 1. The van der Waals surface area contributed by atoms with Crippen LogP contribution in [0.3, 0.4) is 0 Å². The topological polar surface area (TPSA) is 54.5 Å². The molecule has 0 aliphatic heterocycles. The first-order valence-electron chi connectivity index (χ1n) is 8.78. The number of ether oxygens (including phenoxy) is 1. The van der Waals surface area contributed by atoms with Crippen molar-refractivity contribution in [2.75, 3.05) is 18.0 Å². The zero-order valence-corrected chi connectivity index (χ0v) is 15.8. The van der Waals surface area contributed by atoms with E-state index in [1.54, 1.807) is 20.0 Å². The van der Waals surface area contributed by atoms with Gasteiger partial charge in [-0.25, -0.2) is 9.37 Å². The lowest BCUT2D eigenvalue weighted by molar-refractivity contribution is -0.134. The first kappa shape index (κ1) is 19.7. The molecule has 5 nitrogen and oxygen atoms in total. The number of aromatic nitrogens is 1. The van der Waals surface area contributed by atoms with E-state index in [1.807, 2.05) is 12.1 Å². The molecule has 0 unspecified atom stereocenters. The van der Waals surface area contributed by atoms with Gasteiger partial charge in [-0.1, -0.05) is 6.07 Å². The second-order valence-corrected chi connectivity index (χ2v) is 6.45. The molecule has 1 amide bonds. The highest BCUT2D eigenvalue weighted by molar-refractivity contribution is 5.84. The third-order valence-corrected chi connectivity index (χ3v) is 4.08. The van der Waals surface area contributed by atoms with E-state index < -0.39 is 5.60 Å². The molecular formula is C20H26FN3O2. The minimum absolute atomic E-state index is 0.255. The fourth-order valence-electron chi connectivity index (χ4n) is 2.49. The fourth-order valence-corrected chi connectivity index (χ4v) is 2.49. The van der Waals surface area contributed by atoms with Crippen molar-refractivity contribution < 1.29 is 13.9 Å². The first-order chi connectivity index (χ1) is 12.4. The van der Waals surface area contributed by atoms with Gasteiger partial charge in [0.1, 0.15) is 17.4 Å². The van der Waals surface area contributed by atoms with Gasteiger partial charge >= 0.3 is 0 Å². The van der Waals surface area contributed by atoms with E-state index in [2.05, 4.69) is 29.0 Å². The highest BCUT2D eigenvalue weighted by Gasteiger charge is 2.29. The number of benzene rings is 1. The lowest BCUT2D eigenvalue weighted by atomic mass is 10.1. The van der Waals surface area contributed by atoms with Gasteiger partial charge in [-0.05, 0) is 63.6 Å². The molecule has 2 aromatic rings. The standard InChI is InChI=1S/C20H26FN3O2/c1-5-24(6-2)18-12-7-15(13-22-18)14-23-19(25)20(3,4)26-17-10-8-16(21)9-11-17/h7-13H,5-6,14H2,1-4H3,(H,23,25). The molecule has 0 saturated carbocycles. The van der Waals surface area contributed by atoms with Crippen LogP contribution in [0.25, 0.3) is 0 Å². The van der Waals surface area contributed by atoms with E-state index in [0.29, 0.717) is 12.3 Å². The van der Waals surface area contributed by atoms with Crippen LogP contribution in [-0.4, -0.2) is 29.6 Å². The molecule has 1 aromatic carbocycles. The molecule has 0 spiro atoms. The average Bonchev–Trinajstić information content (AvgIpc) is 2.63. The van der Waals surface area contributed by atoms with Crippen LogP contribution in [0.4, 0.5) is 10.2 Å². The van der Waals surface area contributed by atoms with Crippen LogP contribution >= 0.6 is 0 Å². The molecule has 0 fully saturated rings. The normalized spacial score (nSPS) is 11.1. The van der Waals surface area contributed by atoms with Gasteiger partial charge < -0.3 is 15.0 Å². The van der Waals surface area contributed by atoms with Crippen molar-refractivity contribution in [1.29, 1.82) is 0 Å². The molecule has 1 aromatic heterocycles. The average molecular weight is 359 g/mol. The van der Waals surface area contributed by atoms with Crippen molar-refractivity contribution in [3.8, 4) is 5.75 Å². The molecule has 2 rings (SSSR count). The zero-order chi connectivity index (χ0) is 19.2. The van der Waals surface area contributed by atoms with Crippen LogP contribution in [-0.2, 0) is 11.3 Å². The van der Waals surface area contributed by atoms with E-state index in [9.17, 15) is 9.18 Å². The van der Waals surface area contributed by atoms with Gasteiger partial charge in [0.15, 0.2) is 5.60 Å². The second-order valence-electron chi connectivity index (χ2n) is 6.45. The van der Waals surface area contributed by atoms with Crippen LogP contribution in [0, 0.1) is 5.82 Å². The molecule has 6 heteroatoms. The fraction of sp³-hybridized carbons (Fsp3) is 0.400. The Balaban J connectivity index is 1.93. The Morgan fingerprint density at radius 3 is 2.35 bits per heavy atom. The molecule has 0 bridgehead atoms. The Kier molecular flexibility index (Phi) is 6.55. The molecular weight excluding hydrogens is 333 g/mol. The van der Waals surface area contributed by atoms with E-state index in [1.165, 1.54) is 24.3 Å². The summed E-state index contributed by atoms with van der Waals surface area (Å²) >= 11 is 0. The van der Waals surface area contributed by atoms with Gasteiger partial charge in [0.05, 0.1) is 0 Å². The quantitative estimate of drug-likeness (QED) is 0.783. The Labute approximate surface area is 154 Å². The Morgan fingerprint density at radius 1 is 1.15 bits per heavy atom. The summed E-state index contributed by atoms with van der Waals surface area (Å²) in [6, 6.07) is 9.50. The summed E-state index contributed by atoms with van der Waals surface area (Å²) in [6.07, 6.45) is 1.77. The van der Waals surface area contributed by atoms with Gasteiger partial charge in [0, 0.05) is 25.8 Å². The lowest BCUT2D eigenvalue weighted by Crippen LogP contribution is -2.46. The third kappa shape index (κ3) is 5.18. The summed E-state index contributed by atoms with van der Waals surface area (Å²) in [6.45, 7) is 9.68. The highest BCUT2D eigenvalue weighted by atomic mass is 19.1. The summed E-state index contributed by atoms with van der Waals surface area (Å²) in [4.78, 5) is 19.0. The van der Waals surface area contributed by atoms with Gasteiger partial charge in [-0.2, -0.15) is 0 Å². The number of pyridine rings is 1. The van der Waals surface area contributed by atoms with Crippen LogP contribution in [0.5, 0.6) is 5.75 Å². The molecule has 140 valence electrons. The number of hydrogen-bond donors (Lipinski definition) is 1. The summed E-state index contributed by atoms with van der Waals surface area (Å²) in [5.41, 5.74) is -0.168. The number of amides is 1. The maximum absolute atomic E-state index is 13.0. The van der Waals surface area contributed by atoms with E-state index >= 15 is 0 Å². The van der Waals surface area contributed by atoms with Crippen LogP contribution in [0.2, 0.25) is 0 Å². The second kappa shape index (κ2) is 8.65. The maximum Gasteiger partial charge on any atom is 0.263 e. The Bertz CT molecular complexity index is 711. The van der Waals surface area contributed by atoms with Crippen molar-refractivity contribution >= 4 is 11.7 Å². The zero-order valence-electron chi connectivity index (χ0n) is 15.8. The van der Waals surface area contributed by atoms with Gasteiger partial charge in [0.25, 0.3) is 5.91 Å². The van der Waals surface area contributed by atoms with Crippen LogP contribution in [0.15, 0.2) is 42.6 Å². The molecule has 1 heterocycles. The number of hydrogen-bond acceptors (Lipinski definition) is 4. The molecule has 0 saturated heterocycles. The van der Waals surface area contributed by atoms with Crippen molar-refractivity contribution in [3.63, 3.8) is 0 Å². The number of rotatable bonds is 8. The maximum atomic E-state index is 13.0. The number of nitrogens with zero attached hydrogens (tertiary/aromatic N) is 2. The number of carbonyl (C=O) groups is 1. The minimum Gasteiger partial charge on any atom is -0.478 e. The Hall–Kier alpha value is -2.63. The van der Waals surface area contributed by atoms with Gasteiger partial charge in [-0.15, -0.1) is 0 Å². The van der Waals surface area contributed by atoms with Crippen molar-refractivity contribution in [3.05, 3.63) is 54.0 Å². The summed E-state index contributed by atoms with van der Waals surface area (Å²) in [7, 11) is 0. The lowest BCUT2D eigenvalue weighted by Gasteiger charge is -2.25. The van der Waals surface area contributed by atoms with Crippen molar-refractivity contribution in [2.24, 2.45) is 0 Å². The monoisotopic (exact) mass is 359 g/mol. The van der Waals surface area contributed by atoms with E-state index in [-0.39, 0.29) is 11.7 Å². The number of halogens is 1. The van der Waals surface area contributed by atoms with E-state index in [4.69, 9.17) is 4.74 Å². The highest BCUT2D eigenvalue weighted by Crippen LogP contribution is 2.19. The summed E-state index contributed by atoms with van der Waals surface area (Å²) in [5.74, 6) is 0.761. The number of anilines is 1.